The lowest BCUT2D eigenvalue weighted by molar-refractivity contribution is -0.0583. The molecule has 5 rings (SSSR count). The van der Waals surface area contributed by atoms with Crippen molar-refractivity contribution in [1.29, 1.82) is 0 Å². The average molecular weight is 384 g/mol. The van der Waals surface area contributed by atoms with Crippen molar-refractivity contribution in [3.05, 3.63) is 93.6 Å². The Bertz CT molecular complexity index is 1380. The summed E-state index contributed by atoms with van der Waals surface area (Å²) < 4.78 is 0. The SMILES string of the molecule is O=C(ON1C(=O)c2ccccc2C1=O)c1cccc2c(=O)c3ccccc3[nH]c12. The molecule has 4 aromatic rings. The molecule has 7 heteroatoms. The van der Waals surface area contributed by atoms with E-state index < -0.39 is 17.8 Å². The van der Waals surface area contributed by atoms with Crippen LogP contribution in [0.3, 0.4) is 0 Å². The largest absolute Gasteiger partial charge is 0.366 e. The number of hydroxylamine groups is 2. The highest BCUT2D eigenvalue weighted by molar-refractivity contribution is 6.21. The molecule has 2 amide bonds. The Hall–Kier alpha value is -4.26. The maximum absolute atomic E-state index is 12.8. The summed E-state index contributed by atoms with van der Waals surface area (Å²) in [5.74, 6) is -2.34. The fourth-order valence-corrected chi connectivity index (χ4v) is 3.50. The van der Waals surface area contributed by atoms with Crippen molar-refractivity contribution in [3.63, 3.8) is 0 Å². The van der Waals surface area contributed by atoms with Gasteiger partial charge in [0.1, 0.15) is 0 Å². The van der Waals surface area contributed by atoms with Crippen LogP contribution < -0.4 is 5.43 Å². The maximum Gasteiger partial charge on any atom is 0.366 e. The second kappa shape index (κ2) is 6.13. The molecule has 0 saturated carbocycles. The minimum Gasteiger partial charge on any atom is -0.354 e. The number of H-pyrrole nitrogens is 1. The second-order valence-electron chi connectivity index (χ2n) is 6.56. The van der Waals surface area contributed by atoms with E-state index in [-0.39, 0.29) is 27.6 Å². The molecule has 0 unspecified atom stereocenters. The lowest BCUT2D eigenvalue weighted by atomic mass is 10.1. The molecule has 1 aliphatic heterocycles. The number of imide groups is 1. The van der Waals surface area contributed by atoms with Gasteiger partial charge in [0.05, 0.1) is 22.2 Å². The van der Waals surface area contributed by atoms with Crippen LogP contribution in [0.5, 0.6) is 0 Å². The van der Waals surface area contributed by atoms with Gasteiger partial charge >= 0.3 is 5.97 Å². The zero-order valence-electron chi connectivity index (χ0n) is 14.8. The van der Waals surface area contributed by atoms with Crippen molar-refractivity contribution >= 4 is 39.6 Å². The number of pyridine rings is 1. The summed E-state index contributed by atoms with van der Waals surface area (Å²) in [5, 5.41) is 1.25. The van der Waals surface area contributed by atoms with Crippen LogP contribution in [0.25, 0.3) is 21.8 Å². The lowest BCUT2D eigenvalue weighted by Gasteiger charge is -2.14. The van der Waals surface area contributed by atoms with E-state index in [9.17, 15) is 19.2 Å². The van der Waals surface area contributed by atoms with Crippen LogP contribution in [-0.4, -0.2) is 27.8 Å². The fraction of sp³-hybridized carbons (Fsp3) is 0. The highest BCUT2D eigenvalue weighted by Gasteiger charge is 2.39. The van der Waals surface area contributed by atoms with Gasteiger partial charge in [-0.15, -0.1) is 0 Å². The lowest BCUT2D eigenvalue weighted by Crippen LogP contribution is -2.32. The molecule has 0 aliphatic carbocycles. The molecule has 1 N–H and O–H groups in total. The van der Waals surface area contributed by atoms with E-state index >= 15 is 0 Å². The van der Waals surface area contributed by atoms with E-state index in [1.807, 2.05) is 0 Å². The number of fused-ring (bicyclic) bond motifs is 3. The minimum absolute atomic E-state index is 0.0434. The molecule has 0 fully saturated rings. The van der Waals surface area contributed by atoms with Gasteiger partial charge in [0.2, 0.25) is 0 Å². The number of hydrogen-bond donors (Lipinski definition) is 1. The Kier molecular flexibility index (Phi) is 3.57. The number of nitrogens with one attached hydrogen (secondary N) is 1. The number of aromatic nitrogens is 1. The van der Waals surface area contributed by atoms with E-state index in [4.69, 9.17) is 4.84 Å². The molecule has 140 valence electrons. The molecule has 29 heavy (non-hydrogen) atoms. The van der Waals surface area contributed by atoms with Gasteiger partial charge in [-0.1, -0.05) is 35.4 Å². The normalized spacial score (nSPS) is 13.2. The quantitative estimate of drug-likeness (QED) is 0.423. The number of benzene rings is 3. The molecule has 0 saturated heterocycles. The number of hydrogen-bond acceptors (Lipinski definition) is 5. The van der Waals surface area contributed by atoms with Crippen LogP contribution in [0.1, 0.15) is 31.1 Å². The average Bonchev–Trinajstić information content (AvgIpc) is 2.99. The Balaban J connectivity index is 1.58. The minimum atomic E-state index is -0.920. The van der Waals surface area contributed by atoms with Crippen molar-refractivity contribution in [1.82, 2.24) is 10.0 Å². The van der Waals surface area contributed by atoms with E-state index in [0.29, 0.717) is 21.4 Å². The third kappa shape index (κ3) is 2.45. The zero-order valence-corrected chi connectivity index (χ0v) is 14.8. The van der Waals surface area contributed by atoms with Gasteiger partial charge in [-0.3, -0.25) is 14.4 Å². The van der Waals surface area contributed by atoms with Gasteiger partial charge in [0.25, 0.3) is 11.8 Å². The number of nitrogens with zero attached hydrogens (tertiary/aromatic N) is 1. The number of para-hydroxylation sites is 2. The summed E-state index contributed by atoms with van der Waals surface area (Å²) in [6, 6.07) is 17.8. The monoisotopic (exact) mass is 384 g/mol. The van der Waals surface area contributed by atoms with Crippen molar-refractivity contribution in [2.24, 2.45) is 0 Å². The van der Waals surface area contributed by atoms with Crippen molar-refractivity contribution in [2.45, 2.75) is 0 Å². The van der Waals surface area contributed by atoms with E-state index in [0.717, 1.165) is 0 Å². The van der Waals surface area contributed by atoms with E-state index in [1.54, 1.807) is 48.5 Å². The first-order valence-corrected chi connectivity index (χ1v) is 8.80. The molecule has 2 heterocycles. The predicted molar refractivity (Wildman–Crippen MR) is 104 cm³/mol. The molecular weight excluding hydrogens is 372 g/mol. The Labute approximate surface area is 163 Å². The highest BCUT2D eigenvalue weighted by atomic mass is 16.7. The smallest absolute Gasteiger partial charge is 0.354 e. The molecule has 0 spiro atoms. The standard InChI is InChI=1S/C22H12N2O5/c25-19-14-8-3-4-11-17(14)23-18-15(19)9-5-10-16(18)22(28)29-24-20(26)12-6-1-2-7-13(12)21(24)27/h1-11H,(H,23,25). The topological polar surface area (TPSA) is 96.5 Å². The van der Waals surface area contributed by atoms with Gasteiger partial charge in [0.15, 0.2) is 5.43 Å². The summed E-state index contributed by atoms with van der Waals surface area (Å²) in [5.41, 5.74) is 0.987. The summed E-state index contributed by atoms with van der Waals surface area (Å²) in [6.07, 6.45) is 0. The number of carbonyl (C=O) groups excluding carboxylic acids is 3. The molecule has 1 aliphatic rings. The van der Waals surface area contributed by atoms with Crippen LogP contribution in [0.15, 0.2) is 71.5 Å². The Morgan fingerprint density at radius 2 is 1.38 bits per heavy atom. The summed E-state index contributed by atoms with van der Waals surface area (Å²) in [6.45, 7) is 0. The Morgan fingerprint density at radius 3 is 2.10 bits per heavy atom. The van der Waals surface area contributed by atoms with Crippen molar-refractivity contribution in [2.75, 3.05) is 0 Å². The summed E-state index contributed by atoms with van der Waals surface area (Å²) in [7, 11) is 0. The third-order valence-corrected chi connectivity index (χ3v) is 4.89. The van der Waals surface area contributed by atoms with E-state index in [2.05, 4.69) is 4.98 Å². The molecular formula is C22H12N2O5. The molecule has 0 radical (unpaired) electrons. The predicted octanol–water partition coefficient (Wildman–Crippen LogP) is 3.05. The first-order valence-electron chi connectivity index (χ1n) is 8.80. The van der Waals surface area contributed by atoms with Crippen molar-refractivity contribution < 1.29 is 19.2 Å². The number of rotatable bonds is 2. The second-order valence-corrected chi connectivity index (χ2v) is 6.56. The van der Waals surface area contributed by atoms with Crippen LogP contribution in [-0.2, 0) is 4.84 Å². The Morgan fingerprint density at radius 1 is 0.759 bits per heavy atom. The number of aromatic amines is 1. The van der Waals surface area contributed by atoms with Gasteiger partial charge in [-0.2, -0.15) is 0 Å². The van der Waals surface area contributed by atoms with E-state index in [1.165, 1.54) is 18.2 Å². The van der Waals surface area contributed by atoms with Crippen LogP contribution >= 0.6 is 0 Å². The van der Waals surface area contributed by atoms with Gasteiger partial charge in [-0.25, -0.2) is 4.79 Å². The maximum atomic E-state index is 12.8. The summed E-state index contributed by atoms with van der Waals surface area (Å²) >= 11 is 0. The van der Waals surface area contributed by atoms with Crippen molar-refractivity contribution in [3.8, 4) is 0 Å². The molecule has 1 aromatic heterocycles. The van der Waals surface area contributed by atoms with Gasteiger partial charge in [0, 0.05) is 16.3 Å². The summed E-state index contributed by atoms with van der Waals surface area (Å²) in [4.78, 5) is 58.7. The number of carbonyl (C=O) groups is 3. The van der Waals surface area contributed by atoms with Gasteiger partial charge < -0.3 is 9.82 Å². The first-order chi connectivity index (χ1) is 14.1. The fourth-order valence-electron chi connectivity index (χ4n) is 3.50. The van der Waals surface area contributed by atoms with Crippen LogP contribution in [0.4, 0.5) is 0 Å². The van der Waals surface area contributed by atoms with Gasteiger partial charge in [-0.05, 0) is 36.4 Å². The van der Waals surface area contributed by atoms with Crippen LogP contribution in [0.2, 0.25) is 0 Å². The molecule has 3 aromatic carbocycles. The van der Waals surface area contributed by atoms with Crippen LogP contribution in [0, 0.1) is 0 Å². The molecule has 0 atom stereocenters. The molecule has 0 bridgehead atoms. The molecule has 7 nitrogen and oxygen atoms in total. The number of amides is 2. The third-order valence-electron chi connectivity index (χ3n) is 4.89. The zero-order chi connectivity index (χ0) is 20.1. The first kappa shape index (κ1) is 16.9. The highest BCUT2D eigenvalue weighted by Crippen LogP contribution is 2.25.